The van der Waals surface area contributed by atoms with Crippen LogP contribution < -0.4 is 4.90 Å². The van der Waals surface area contributed by atoms with E-state index in [4.69, 9.17) is 4.74 Å². The van der Waals surface area contributed by atoms with Crippen molar-refractivity contribution in [2.75, 3.05) is 24.7 Å². The molecule has 1 N–H and O–H groups in total. The molecule has 5 rings (SSSR count). The number of ether oxygens (including phenoxy) is 1. The van der Waals surface area contributed by atoms with Gasteiger partial charge < -0.3 is 14.7 Å². The average Bonchev–Trinajstić information content (AvgIpc) is 3.32. The van der Waals surface area contributed by atoms with Crippen LogP contribution in [-0.2, 0) is 18.0 Å². The molecule has 4 heterocycles. The molecule has 2 aromatic heterocycles. The quantitative estimate of drug-likeness (QED) is 0.548. The molecule has 1 aromatic carbocycles. The normalized spacial score (nSPS) is 18.5. The molecule has 0 bridgehead atoms. The van der Waals surface area contributed by atoms with Crippen molar-refractivity contribution in [2.24, 2.45) is 7.05 Å². The maximum atomic E-state index is 14.7. The summed E-state index contributed by atoms with van der Waals surface area (Å²) in [6.45, 7) is 2.16. The van der Waals surface area contributed by atoms with Gasteiger partial charge in [0, 0.05) is 55.6 Å². The summed E-state index contributed by atoms with van der Waals surface area (Å²) in [6, 6.07) is 2.11. The number of phenolic OH excluding ortho intramolecular Hbond substituents is 1. The molecule has 33 heavy (non-hydrogen) atoms. The zero-order valence-corrected chi connectivity index (χ0v) is 17.7. The first-order valence-corrected chi connectivity index (χ1v) is 10.6. The first-order valence-electron chi connectivity index (χ1n) is 10.6. The van der Waals surface area contributed by atoms with E-state index >= 15 is 0 Å². The van der Waals surface area contributed by atoms with Gasteiger partial charge in [-0.1, -0.05) is 0 Å². The highest BCUT2D eigenvalue weighted by Gasteiger charge is 2.43. The summed E-state index contributed by atoms with van der Waals surface area (Å²) in [5.74, 6) is -4.55. The molecule has 2 saturated heterocycles. The predicted molar refractivity (Wildman–Crippen MR) is 110 cm³/mol. The van der Waals surface area contributed by atoms with Gasteiger partial charge in [0.25, 0.3) is 0 Å². The lowest BCUT2D eigenvalue weighted by Gasteiger charge is -2.42. The van der Waals surface area contributed by atoms with Gasteiger partial charge in [0.05, 0.1) is 11.1 Å². The van der Waals surface area contributed by atoms with Crippen molar-refractivity contribution in [3.05, 3.63) is 35.5 Å². The van der Waals surface area contributed by atoms with Crippen molar-refractivity contribution < 1.29 is 31.8 Å². The van der Waals surface area contributed by atoms with Crippen LogP contribution in [0.25, 0.3) is 22.2 Å². The van der Waals surface area contributed by atoms with Gasteiger partial charge in [0.2, 0.25) is 0 Å². The van der Waals surface area contributed by atoms with Crippen molar-refractivity contribution in [3.63, 3.8) is 0 Å². The number of hydrogen-bond acceptors (Lipinski definition) is 5. The number of phenols is 1. The number of benzene rings is 1. The minimum atomic E-state index is -5.12. The Morgan fingerprint density at radius 3 is 2.52 bits per heavy atom. The topological polar surface area (TPSA) is 63.4 Å². The Balaban J connectivity index is 1.62. The van der Waals surface area contributed by atoms with Crippen LogP contribution >= 0.6 is 0 Å². The molecule has 0 radical (unpaired) electrons. The monoisotopic (exact) mass is 468 g/mol. The molecule has 2 fully saturated rings. The molecule has 6 nitrogen and oxygen atoms in total. The van der Waals surface area contributed by atoms with Gasteiger partial charge in [-0.25, -0.2) is 13.8 Å². The Morgan fingerprint density at radius 2 is 1.82 bits per heavy atom. The number of aromatic hydroxyl groups is 1. The number of nitrogens with zero attached hydrogens (tertiary/aromatic N) is 4. The summed E-state index contributed by atoms with van der Waals surface area (Å²) in [7, 11) is 1.58. The van der Waals surface area contributed by atoms with Crippen LogP contribution in [0.3, 0.4) is 0 Å². The van der Waals surface area contributed by atoms with E-state index in [0.717, 1.165) is 32.2 Å². The van der Waals surface area contributed by atoms with Crippen LogP contribution in [-0.4, -0.2) is 45.2 Å². The van der Waals surface area contributed by atoms with Crippen molar-refractivity contribution in [2.45, 2.75) is 37.4 Å². The molecule has 0 aliphatic carbocycles. The molecule has 3 aromatic rings. The molecular weight excluding hydrogens is 447 g/mol. The van der Waals surface area contributed by atoms with Crippen LogP contribution in [0.1, 0.15) is 31.2 Å². The summed E-state index contributed by atoms with van der Waals surface area (Å²) in [5, 5.41) is 14.2. The Kier molecular flexibility index (Phi) is 5.00. The van der Waals surface area contributed by atoms with Gasteiger partial charge in [-0.2, -0.15) is 18.3 Å². The SMILES string of the molecule is Cn1nc(-c2cc(C(F)(F)F)c(F)c(O)c2F)c2cnc(N3CCCC34CCOCC4)cc21. The lowest BCUT2D eigenvalue weighted by molar-refractivity contribution is -0.140. The number of aromatic nitrogens is 3. The molecule has 0 unspecified atom stereocenters. The van der Waals surface area contributed by atoms with Gasteiger partial charge in [-0.15, -0.1) is 0 Å². The van der Waals surface area contributed by atoms with Gasteiger partial charge >= 0.3 is 6.18 Å². The van der Waals surface area contributed by atoms with Crippen molar-refractivity contribution in [1.82, 2.24) is 14.8 Å². The average molecular weight is 468 g/mol. The third kappa shape index (κ3) is 3.40. The Hall–Kier alpha value is -2.95. The predicted octanol–water partition coefficient (Wildman–Crippen LogP) is 4.79. The van der Waals surface area contributed by atoms with E-state index in [-0.39, 0.29) is 11.2 Å². The zero-order valence-electron chi connectivity index (χ0n) is 17.7. The molecule has 0 amide bonds. The fourth-order valence-corrected chi connectivity index (χ4v) is 5.06. The second-order valence-corrected chi connectivity index (χ2v) is 8.57. The minimum Gasteiger partial charge on any atom is -0.503 e. The van der Waals surface area contributed by atoms with Crippen LogP contribution in [0, 0.1) is 11.6 Å². The highest BCUT2D eigenvalue weighted by atomic mass is 19.4. The standard InChI is InChI=1S/C22H21F5N4O2/c1-30-15-10-16(31-6-2-3-21(31)4-7-33-8-5-21)28-11-13(15)19(29-30)12-9-14(22(25,26)27)18(24)20(32)17(12)23/h9-11,32H,2-8H2,1H3. The molecule has 0 atom stereocenters. The third-order valence-electron chi connectivity index (χ3n) is 6.76. The molecule has 11 heteroatoms. The van der Waals surface area contributed by atoms with Gasteiger partial charge in [0.15, 0.2) is 17.4 Å². The number of anilines is 1. The molecule has 0 saturated carbocycles. The number of halogens is 5. The van der Waals surface area contributed by atoms with E-state index in [1.165, 1.54) is 10.9 Å². The second kappa shape index (κ2) is 7.54. The van der Waals surface area contributed by atoms with Crippen LogP contribution in [0.4, 0.5) is 27.8 Å². The highest BCUT2D eigenvalue weighted by Crippen LogP contribution is 2.43. The van der Waals surface area contributed by atoms with Crippen LogP contribution in [0.2, 0.25) is 0 Å². The minimum absolute atomic E-state index is 0.0448. The van der Waals surface area contributed by atoms with Crippen molar-refractivity contribution in [3.8, 4) is 17.0 Å². The summed E-state index contributed by atoms with van der Waals surface area (Å²) >= 11 is 0. The Labute approximate surface area is 185 Å². The number of fused-ring (bicyclic) bond motifs is 1. The van der Waals surface area contributed by atoms with Gasteiger partial charge in [-0.3, -0.25) is 4.68 Å². The molecule has 2 aliphatic heterocycles. The number of pyridine rings is 1. The third-order valence-corrected chi connectivity index (χ3v) is 6.76. The largest absolute Gasteiger partial charge is 0.503 e. The summed E-state index contributed by atoms with van der Waals surface area (Å²) in [6.07, 6.45) is 0.107. The summed E-state index contributed by atoms with van der Waals surface area (Å²) in [4.78, 5) is 6.77. The van der Waals surface area contributed by atoms with E-state index < -0.39 is 34.7 Å². The van der Waals surface area contributed by atoms with Crippen molar-refractivity contribution >= 4 is 16.7 Å². The van der Waals surface area contributed by atoms with E-state index in [0.29, 0.717) is 36.0 Å². The van der Waals surface area contributed by atoms with Crippen LogP contribution in [0.15, 0.2) is 18.3 Å². The van der Waals surface area contributed by atoms with E-state index in [1.54, 1.807) is 13.1 Å². The molecular formula is C22H21F5N4O2. The summed E-state index contributed by atoms with van der Waals surface area (Å²) in [5.41, 5.74) is -2.09. The number of rotatable bonds is 2. The van der Waals surface area contributed by atoms with Crippen LogP contribution in [0.5, 0.6) is 5.75 Å². The summed E-state index contributed by atoms with van der Waals surface area (Å²) < 4.78 is 75.3. The number of alkyl halides is 3. The molecule has 176 valence electrons. The Bertz CT molecular complexity index is 1230. The number of hydrogen-bond donors (Lipinski definition) is 1. The molecule has 1 spiro atoms. The second-order valence-electron chi connectivity index (χ2n) is 8.57. The highest BCUT2D eigenvalue weighted by molar-refractivity contribution is 5.94. The molecule has 2 aliphatic rings. The van der Waals surface area contributed by atoms with Gasteiger partial charge in [0.1, 0.15) is 11.5 Å². The lowest BCUT2D eigenvalue weighted by Crippen LogP contribution is -2.48. The fourth-order valence-electron chi connectivity index (χ4n) is 5.06. The first kappa shape index (κ1) is 21.9. The van der Waals surface area contributed by atoms with Crippen molar-refractivity contribution in [1.29, 1.82) is 0 Å². The van der Waals surface area contributed by atoms with Gasteiger partial charge in [-0.05, 0) is 31.7 Å². The number of aryl methyl sites for hydroxylation is 1. The maximum Gasteiger partial charge on any atom is 0.419 e. The Morgan fingerprint density at radius 1 is 1.09 bits per heavy atom. The zero-order chi connectivity index (χ0) is 23.5. The van der Waals surface area contributed by atoms with E-state index in [2.05, 4.69) is 15.0 Å². The van der Waals surface area contributed by atoms with E-state index in [1.807, 2.05) is 0 Å². The smallest absolute Gasteiger partial charge is 0.419 e. The fraction of sp³-hybridized carbons (Fsp3) is 0.455. The maximum absolute atomic E-state index is 14.7. The first-order chi connectivity index (χ1) is 15.6. The lowest BCUT2D eigenvalue weighted by atomic mass is 9.87. The van der Waals surface area contributed by atoms with E-state index in [9.17, 15) is 27.1 Å².